The summed E-state index contributed by atoms with van der Waals surface area (Å²) < 4.78 is 11.8. The zero-order chi connectivity index (χ0) is 21.0. The second-order valence-electron chi connectivity index (χ2n) is 6.22. The van der Waals surface area contributed by atoms with E-state index in [1.54, 1.807) is 27.0 Å². The number of carbonyl (C=O) groups is 3. The molecule has 0 spiro atoms. The van der Waals surface area contributed by atoms with Gasteiger partial charge in [0.05, 0.1) is 30.5 Å². The van der Waals surface area contributed by atoms with Gasteiger partial charge in [-0.2, -0.15) is 5.10 Å². The van der Waals surface area contributed by atoms with Gasteiger partial charge in [-0.05, 0) is 32.9 Å². The van der Waals surface area contributed by atoms with Crippen molar-refractivity contribution in [2.75, 3.05) is 13.2 Å². The number of urea groups is 1. The van der Waals surface area contributed by atoms with Gasteiger partial charge in [-0.15, -0.1) is 0 Å². The maximum atomic E-state index is 12.6. The Morgan fingerprint density at radius 1 is 1.10 bits per heavy atom. The topological polar surface area (TPSA) is 112 Å². The Hall–Kier alpha value is -3.62. The van der Waals surface area contributed by atoms with Crippen LogP contribution in [0.5, 0.6) is 0 Å². The highest BCUT2D eigenvalue weighted by molar-refractivity contribution is 5.96. The van der Waals surface area contributed by atoms with Crippen LogP contribution in [0.15, 0.2) is 47.8 Å². The minimum absolute atomic E-state index is 0.0116. The van der Waals surface area contributed by atoms with Crippen LogP contribution in [0, 0.1) is 0 Å². The molecule has 0 radical (unpaired) electrons. The van der Waals surface area contributed by atoms with Crippen LogP contribution in [-0.2, 0) is 14.3 Å². The van der Waals surface area contributed by atoms with E-state index < -0.39 is 24.0 Å². The normalized spacial score (nSPS) is 16.1. The Labute approximate surface area is 167 Å². The summed E-state index contributed by atoms with van der Waals surface area (Å²) in [7, 11) is 0. The van der Waals surface area contributed by atoms with Gasteiger partial charge in [0, 0.05) is 17.5 Å². The number of aromatic nitrogens is 2. The molecule has 0 unspecified atom stereocenters. The lowest BCUT2D eigenvalue weighted by molar-refractivity contribution is -0.139. The van der Waals surface area contributed by atoms with E-state index in [9.17, 15) is 14.4 Å². The number of carbonyl (C=O) groups excluding carboxylic acids is 3. The average molecular weight is 398 g/mol. The van der Waals surface area contributed by atoms with Crippen molar-refractivity contribution in [2.24, 2.45) is 0 Å². The first-order chi connectivity index (χ1) is 14.0. The Bertz CT molecular complexity index is 965. The minimum atomic E-state index is -0.917. The van der Waals surface area contributed by atoms with Crippen LogP contribution in [0.3, 0.4) is 0 Å². The third-order valence-corrected chi connectivity index (χ3v) is 4.31. The summed E-state index contributed by atoms with van der Waals surface area (Å²) in [6.07, 6.45) is 1.60. The van der Waals surface area contributed by atoms with E-state index in [4.69, 9.17) is 9.47 Å². The smallest absolute Gasteiger partial charge is 0.359 e. The van der Waals surface area contributed by atoms with E-state index in [0.29, 0.717) is 16.9 Å². The second-order valence-corrected chi connectivity index (χ2v) is 6.22. The summed E-state index contributed by atoms with van der Waals surface area (Å²) in [5.74, 6) is -1.24. The van der Waals surface area contributed by atoms with Gasteiger partial charge >= 0.3 is 18.0 Å². The number of nitrogens with zero attached hydrogens (tertiary/aromatic N) is 2. The van der Waals surface area contributed by atoms with E-state index in [-0.39, 0.29) is 24.5 Å². The Balaban J connectivity index is 2.14. The molecule has 9 nitrogen and oxygen atoms in total. The van der Waals surface area contributed by atoms with Crippen molar-refractivity contribution in [1.29, 1.82) is 0 Å². The molecule has 1 aromatic heterocycles. The number of esters is 2. The zero-order valence-corrected chi connectivity index (χ0v) is 16.4. The SMILES string of the molecule is CCOC(=O)C1=C(C)NC(=O)N[C@H]1c1cn(-c2ccccc2)nc1C(=O)OCC. The van der Waals surface area contributed by atoms with Crippen molar-refractivity contribution < 1.29 is 23.9 Å². The summed E-state index contributed by atoms with van der Waals surface area (Å²) in [6, 6.07) is 7.75. The van der Waals surface area contributed by atoms with Crippen LogP contribution in [0.1, 0.15) is 42.9 Å². The molecule has 0 saturated heterocycles. The summed E-state index contributed by atoms with van der Waals surface area (Å²) in [5.41, 5.74) is 1.61. The van der Waals surface area contributed by atoms with Crippen LogP contribution in [0.4, 0.5) is 4.79 Å². The van der Waals surface area contributed by atoms with Crippen LogP contribution >= 0.6 is 0 Å². The number of nitrogens with one attached hydrogen (secondary N) is 2. The third kappa shape index (κ3) is 4.13. The Morgan fingerprint density at radius 2 is 1.76 bits per heavy atom. The molecule has 1 aliphatic rings. The van der Waals surface area contributed by atoms with Gasteiger partial charge in [-0.25, -0.2) is 19.1 Å². The zero-order valence-electron chi connectivity index (χ0n) is 16.4. The highest BCUT2D eigenvalue weighted by Gasteiger charge is 2.36. The van der Waals surface area contributed by atoms with Gasteiger partial charge < -0.3 is 20.1 Å². The molecule has 2 aromatic rings. The lowest BCUT2D eigenvalue weighted by Crippen LogP contribution is -2.45. The average Bonchev–Trinajstić information content (AvgIpc) is 3.14. The maximum absolute atomic E-state index is 12.6. The van der Waals surface area contributed by atoms with Crippen molar-refractivity contribution in [3.63, 3.8) is 0 Å². The summed E-state index contributed by atoms with van der Waals surface area (Å²) in [6.45, 7) is 5.31. The van der Waals surface area contributed by atoms with Crippen LogP contribution in [0.2, 0.25) is 0 Å². The van der Waals surface area contributed by atoms with Gasteiger partial charge in [0.15, 0.2) is 5.69 Å². The molecule has 0 saturated carbocycles. The van der Waals surface area contributed by atoms with E-state index in [0.717, 1.165) is 0 Å². The van der Waals surface area contributed by atoms with Gasteiger partial charge in [0.25, 0.3) is 0 Å². The van der Waals surface area contributed by atoms with Crippen LogP contribution < -0.4 is 10.6 Å². The van der Waals surface area contributed by atoms with Gasteiger partial charge in [-0.3, -0.25) is 0 Å². The van der Waals surface area contributed by atoms with Gasteiger partial charge in [-0.1, -0.05) is 18.2 Å². The monoisotopic (exact) mass is 398 g/mol. The lowest BCUT2D eigenvalue weighted by Gasteiger charge is -2.27. The highest BCUT2D eigenvalue weighted by Crippen LogP contribution is 2.30. The molecular weight excluding hydrogens is 376 g/mol. The largest absolute Gasteiger partial charge is 0.463 e. The van der Waals surface area contributed by atoms with E-state index >= 15 is 0 Å². The number of rotatable bonds is 6. The van der Waals surface area contributed by atoms with Crippen molar-refractivity contribution in [2.45, 2.75) is 26.8 Å². The molecule has 9 heteroatoms. The number of benzene rings is 1. The fourth-order valence-electron chi connectivity index (χ4n) is 3.08. The van der Waals surface area contributed by atoms with Crippen LogP contribution in [-0.4, -0.2) is 41.0 Å². The molecule has 0 aliphatic carbocycles. The van der Waals surface area contributed by atoms with Crippen molar-refractivity contribution in [1.82, 2.24) is 20.4 Å². The molecule has 3 rings (SSSR count). The quantitative estimate of drug-likeness (QED) is 0.722. The summed E-state index contributed by atoms with van der Waals surface area (Å²) >= 11 is 0. The molecule has 152 valence electrons. The summed E-state index contributed by atoms with van der Waals surface area (Å²) in [5, 5.41) is 9.61. The number of ether oxygens (including phenoxy) is 2. The Kier molecular flexibility index (Phi) is 5.96. The van der Waals surface area contributed by atoms with Gasteiger partial charge in [0.1, 0.15) is 0 Å². The first-order valence-corrected chi connectivity index (χ1v) is 9.23. The number of hydrogen-bond donors (Lipinski definition) is 2. The molecule has 1 atom stereocenters. The van der Waals surface area contributed by atoms with E-state index in [1.807, 2.05) is 30.3 Å². The molecule has 0 bridgehead atoms. The van der Waals surface area contributed by atoms with Crippen molar-refractivity contribution in [3.05, 3.63) is 59.1 Å². The van der Waals surface area contributed by atoms with E-state index in [2.05, 4.69) is 15.7 Å². The maximum Gasteiger partial charge on any atom is 0.359 e. The second kappa shape index (κ2) is 8.59. The predicted molar refractivity (Wildman–Crippen MR) is 103 cm³/mol. The predicted octanol–water partition coefficient (Wildman–Crippen LogP) is 2.24. The molecule has 1 aromatic carbocycles. The number of para-hydroxylation sites is 1. The van der Waals surface area contributed by atoms with Crippen molar-refractivity contribution in [3.8, 4) is 5.69 Å². The van der Waals surface area contributed by atoms with Gasteiger partial charge in [0.2, 0.25) is 0 Å². The fourth-order valence-corrected chi connectivity index (χ4v) is 3.08. The highest BCUT2D eigenvalue weighted by atomic mass is 16.5. The standard InChI is InChI=1S/C20H22N4O5/c1-4-28-18(25)15-12(3)21-20(27)22-16(15)14-11-24(13-9-7-6-8-10-13)23-17(14)19(26)29-5-2/h6-11,16H,4-5H2,1-3H3,(H2,21,22,27)/t16-/m0/s1. The number of amides is 2. The molecule has 1 aliphatic heterocycles. The minimum Gasteiger partial charge on any atom is -0.463 e. The number of hydrogen-bond acceptors (Lipinski definition) is 6. The van der Waals surface area contributed by atoms with E-state index in [1.165, 1.54) is 4.68 Å². The number of allylic oxidation sites excluding steroid dienone is 1. The first kappa shape index (κ1) is 20.1. The molecule has 29 heavy (non-hydrogen) atoms. The third-order valence-electron chi connectivity index (χ3n) is 4.31. The first-order valence-electron chi connectivity index (χ1n) is 9.23. The molecule has 0 fully saturated rings. The molecule has 2 heterocycles. The van der Waals surface area contributed by atoms with Crippen molar-refractivity contribution >= 4 is 18.0 Å². The fraction of sp³-hybridized carbons (Fsp3) is 0.300. The Morgan fingerprint density at radius 3 is 2.41 bits per heavy atom. The molecule has 2 N–H and O–H groups in total. The molecular formula is C20H22N4O5. The van der Waals surface area contributed by atoms with Crippen LogP contribution in [0.25, 0.3) is 5.69 Å². The molecule has 2 amide bonds. The lowest BCUT2D eigenvalue weighted by atomic mass is 9.96. The summed E-state index contributed by atoms with van der Waals surface area (Å²) in [4.78, 5) is 37.2.